The smallest absolute Gasteiger partial charge is 0.304 e. The second kappa shape index (κ2) is 4.13. The predicted molar refractivity (Wildman–Crippen MR) is 31.7 cm³/mol. The monoisotopic (exact) mass is 151 g/mol. The maximum atomic E-state index is 9.74. The lowest BCUT2D eigenvalue weighted by Gasteiger charge is -1.85. The number of carboxylic acids is 1. The molecule has 0 rings (SSSR count). The SMILES string of the molecule is O=C(O)CCS[N+](=O)[O-]. The molecule has 52 valence electrons. The van der Waals surface area contributed by atoms with E-state index in [1.54, 1.807) is 0 Å². The van der Waals surface area contributed by atoms with Gasteiger partial charge >= 0.3 is 5.97 Å². The van der Waals surface area contributed by atoms with Crippen LogP contribution in [-0.2, 0) is 4.79 Å². The molecule has 0 aromatic rings. The minimum absolute atomic E-state index is 0.0301. The number of rotatable bonds is 4. The lowest BCUT2D eigenvalue weighted by atomic mass is 10.5. The molecule has 0 atom stereocenters. The molecule has 0 spiro atoms. The first-order chi connectivity index (χ1) is 4.13. The average Bonchev–Trinajstić information content (AvgIpc) is 1.63. The molecule has 0 unspecified atom stereocenters. The van der Waals surface area contributed by atoms with E-state index in [1.807, 2.05) is 0 Å². The van der Waals surface area contributed by atoms with Crippen LogP contribution < -0.4 is 0 Å². The summed E-state index contributed by atoms with van der Waals surface area (Å²) < 4.78 is -0.608. The molecule has 0 saturated heterocycles. The van der Waals surface area contributed by atoms with Crippen LogP contribution in [0.2, 0.25) is 0 Å². The van der Waals surface area contributed by atoms with Gasteiger partial charge in [-0.05, 0) is 0 Å². The molecule has 0 aromatic carbocycles. The van der Waals surface area contributed by atoms with E-state index < -0.39 is 10.3 Å². The lowest BCUT2D eigenvalue weighted by molar-refractivity contribution is -0.284. The predicted octanol–water partition coefficient (Wildman–Crippen LogP) is 0.386. The first-order valence-electron chi connectivity index (χ1n) is 2.12. The Labute approximate surface area is 55.3 Å². The summed E-state index contributed by atoms with van der Waals surface area (Å²) in [5.41, 5.74) is 0. The van der Waals surface area contributed by atoms with Crippen LogP contribution in [0.1, 0.15) is 6.42 Å². The number of carboxylic acid groups (broad SMARTS) is 1. The van der Waals surface area contributed by atoms with Gasteiger partial charge in [0.25, 0.3) is 0 Å². The molecule has 0 aromatic heterocycles. The van der Waals surface area contributed by atoms with Crippen molar-refractivity contribution in [2.24, 2.45) is 0 Å². The summed E-state index contributed by atoms with van der Waals surface area (Å²) in [6.45, 7) is 0. The van der Waals surface area contributed by atoms with Gasteiger partial charge in [-0.25, -0.2) is 0 Å². The molecule has 1 N–H and O–H groups in total. The third-order valence-electron chi connectivity index (χ3n) is 0.513. The Balaban J connectivity index is 3.10. The Morgan fingerprint density at radius 2 is 2.33 bits per heavy atom. The average molecular weight is 151 g/mol. The highest BCUT2D eigenvalue weighted by molar-refractivity contribution is 7.93. The Hall–Kier alpha value is -0.780. The molecule has 9 heavy (non-hydrogen) atoms. The Morgan fingerprint density at radius 1 is 1.78 bits per heavy atom. The maximum Gasteiger partial charge on any atom is 0.304 e. The van der Waals surface area contributed by atoms with Gasteiger partial charge in [0.05, 0.1) is 12.2 Å². The standard InChI is InChI=1S/C3H5NO4S/c5-3(6)1-2-9-4(7)8/h1-2H2,(H,5,6). The van der Waals surface area contributed by atoms with E-state index in [4.69, 9.17) is 5.11 Å². The zero-order valence-electron chi connectivity index (χ0n) is 4.44. The molecule has 0 bridgehead atoms. The van der Waals surface area contributed by atoms with Crippen molar-refractivity contribution in [2.45, 2.75) is 6.42 Å². The molecule has 0 saturated carbocycles. The molecule has 6 heteroatoms. The van der Waals surface area contributed by atoms with E-state index in [0.717, 1.165) is 0 Å². The lowest BCUT2D eigenvalue weighted by Crippen LogP contribution is -1.97. The molecule has 0 aliphatic carbocycles. The van der Waals surface area contributed by atoms with Gasteiger partial charge in [-0.15, -0.1) is 0 Å². The molecule has 5 nitrogen and oxygen atoms in total. The van der Waals surface area contributed by atoms with Crippen LogP contribution in [0.25, 0.3) is 0 Å². The summed E-state index contributed by atoms with van der Waals surface area (Å²) in [5.74, 6) is -0.980. The summed E-state index contributed by atoms with van der Waals surface area (Å²) in [6, 6.07) is 0. The van der Waals surface area contributed by atoms with Gasteiger partial charge in [0.2, 0.25) is 11.9 Å². The van der Waals surface area contributed by atoms with Crippen molar-refractivity contribution in [3.63, 3.8) is 0 Å². The van der Waals surface area contributed by atoms with Crippen LogP contribution in [0.3, 0.4) is 0 Å². The topological polar surface area (TPSA) is 80.4 Å². The van der Waals surface area contributed by atoms with Crippen molar-refractivity contribution in [3.05, 3.63) is 10.1 Å². The molecule has 0 radical (unpaired) electrons. The van der Waals surface area contributed by atoms with Crippen LogP contribution >= 0.6 is 11.9 Å². The van der Waals surface area contributed by atoms with E-state index in [2.05, 4.69) is 0 Å². The number of hydrogen-bond acceptors (Lipinski definition) is 4. The number of nitrogens with zero attached hydrogens (tertiary/aromatic N) is 1. The summed E-state index contributed by atoms with van der Waals surface area (Å²) in [6.07, 6.45) is -0.161. The second-order valence-corrected chi connectivity index (χ2v) is 2.17. The van der Waals surface area contributed by atoms with Gasteiger partial charge in [-0.1, -0.05) is 0 Å². The van der Waals surface area contributed by atoms with Gasteiger partial charge < -0.3 is 5.11 Å². The largest absolute Gasteiger partial charge is 0.481 e. The van der Waals surface area contributed by atoms with Crippen LogP contribution in [0.4, 0.5) is 0 Å². The third-order valence-corrected chi connectivity index (χ3v) is 1.11. The fourth-order valence-corrected chi connectivity index (χ4v) is 0.622. The molecule has 0 heterocycles. The Bertz CT molecular complexity index is 111. The fraction of sp³-hybridized carbons (Fsp3) is 0.667. The summed E-state index contributed by atoms with van der Waals surface area (Å²) in [5, 5.41) is 17.5. The highest BCUT2D eigenvalue weighted by atomic mass is 32.2. The van der Waals surface area contributed by atoms with Crippen molar-refractivity contribution in [1.29, 1.82) is 0 Å². The van der Waals surface area contributed by atoms with E-state index >= 15 is 0 Å². The third kappa shape index (κ3) is 7.22. The summed E-state index contributed by atoms with van der Waals surface area (Å²) in [4.78, 5) is 19.3. The van der Waals surface area contributed by atoms with Crippen molar-refractivity contribution in [3.8, 4) is 0 Å². The minimum atomic E-state index is -1.01. The van der Waals surface area contributed by atoms with E-state index in [-0.39, 0.29) is 12.2 Å². The number of carbonyl (C=O) groups is 1. The van der Waals surface area contributed by atoms with Crippen LogP contribution in [0.15, 0.2) is 0 Å². The van der Waals surface area contributed by atoms with Crippen molar-refractivity contribution in [1.82, 2.24) is 0 Å². The van der Waals surface area contributed by atoms with Crippen LogP contribution in [0, 0.1) is 10.1 Å². The molecular formula is C3H5NO4S. The Kier molecular flexibility index (Phi) is 3.78. The zero-order valence-corrected chi connectivity index (χ0v) is 5.26. The normalized spacial score (nSPS) is 8.89. The van der Waals surface area contributed by atoms with Gasteiger partial charge in [0, 0.05) is 0 Å². The molecule has 0 amide bonds. The maximum absolute atomic E-state index is 9.74. The first-order valence-corrected chi connectivity index (χ1v) is 3.06. The van der Waals surface area contributed by atoms with Gasteiger partial charge in [-0.2, -0.15) is 0 Å². The van der Waals surface area contributed by atoms with Crippen LogP contribution in [-0.4, -0.2) is 21.2 Å². The second-order valence-electron chi connectivity index (χ2n) is 1.20. The minimum Gasteiger partial charge on any atom is -0.481 e. The van der Waals surface area contributed by atoms with Crippen molar-refractivity contribution >= 4 is 17.9 Å². The van der Waals surface area contributed by atoms with Gasteiger partial charge in [0.1, 0.15) is 4.33 Å². The molecule has 0 aliphatic rings. The quantitative estimate of drug-likeness (QED) is 0.357. The van der Waals surface area contributed by atoms with E-state index in [1.165, 1.54) is 0 Å². The van der Waals surface area contributed by atoms with Crippen molar-refractivity contribution in [2.75, 3.05) is 5.75 Å². The molecule has 0 aliphatic heterocycles. The highest BCUT2D eigenvalue weighted by Gasteiger charge is 2.03. The molecule has 0 fully saturated rings. The Morgan fingerprint density at radius 3 is 2.67 bits per heavy atom. The number of hydrogen-bond donors (Lipinski definition) is 1. The summed E-state index contributed by atoms with van der Waals surface area (Å²) >= 11 is 0.401. The van der Waals surface area contributed by atoms with E-state index in [9.17, 15) is 14.9 Å². The zero-order chi connectivity index (χ0) is 7.28. The highest BCUT2D eigenvalue weighted by Crippen LogP contribution is 2.00. The number of nitro groups is 1. The first kappa shape index (κ1) is 8.22. The van der Waals surface area contributed by atoms with Gasteiger partial charge in [-0.3, -0.25) is 14.9 Å². The fourth-order valence-electron chi connectivity index (χ4n) is 0.207. The van der Waals surface area contributed by atoms with Crippen LogP contribution in [0.5, 0.6) is 0 Å². The van der Waals surface area contributed by atoms with Gasteiger partial charge in [0.15, 0.2) is 0 Å². The van der Waals surface area contributed by atoms with Crippen molar-refractivity contribution < 1.29 is 14.2 Å². The molecular weight excluding hydrogens is 146 g/mol. The van der Waals surface area contributed by atoms with E-state index in [0.29, 0.717) is 11.9 Å². The number of aliphatic carboxylic acids is 1. The summed E-state index contributed by atoms with van der Waals surface area (Å²) in [7, 11) is 0.